The molecular weight excluding hydrogens is 206 g/mol. The summed E-state index contributed by atoms with van der Waals surface area (Å²) in [5.41, 5.74) is 0. The van der Waals surface area contributed by atoms with Crippen LogP contribution in [0.3, 0.4) is 0 Å². The van der Waals surface area contributed by atoms with Gasteiger partial charge in [-0.25, -0.2) is 0 Å². The predicted molar refractivity (Wildman–Crippen MR) is 59.9 cm³/mol. The summed E-state index contributed by atoms with van der Waals surface area (Å²) in [6.07, 6.45) is 3.47. The second kappa shape index (κ2) is 5.41. The van der Waals surface area contributed by atoms with Crippen molar-refractivity contribution >= 4 is 11.8 Å². The van der Waals surface area contributed by atoms with Gasteiger partial charge in [0, 0.05) is 6.54 Å². The second-order valence-corrected chi connectivity index (χ2v) is 4.44. The summed E-state index contributed by atoms with van der Waals surface area (Å²) < 4.78 is 0. The smallest absolute Gasteiger partial charge is 0.243 e. The summed E-state index contributed by atoms with van der Waals surface area (Å²) in [6.45, 7) is 4.53. The van der Waals surface area contributed by atoms with Gasteiger partial charge in [0.1, 0.15) is 0 Å². The van der Waals surface area contributed by atoms with Crippen molar-refractivity contribution in [3.8, 4) is 0 Å². The summed E-state index contributed by atoms with van der Waals surface area (Å²) in [5.74, 6) is -0.171. The van der Waals surface area contributed by atoms with Crippen LogP contribution in [0.25, 0.3) is 0 Å². The molecule has 0 bridgehead atoms. The van der Waals surface area contributed by atoms with Crippen LogP contribution in [-0.4, -0.2) is 60.9 Å². The normalized spacial score (nSPS) is 23.1. The molecule has 0 aromatic carbocycles. The van der Waals surface area contributed by atoms with E-state index in [0.29, 0.717) is 19.6 Å². The third-order valence-corrected chi connectivity index (χ3v) is 3.21. The molecule has 0 radical (unpaired) electrons. The Morgan fingerprint density at radius 1 is 1.00 bits per heavy atom. The van der Waals surface area contributed by atoms with Crippen molar-refractivity contribution in [2.45, 2.75) is 19.3 Å². The zero-order chi connectivity index (χ0) is 11.4. The monoisotopic (exact) mass is 225 g/mol. The molecule has 90 valence electrons. The molecule has 0 aromatic rings. The maximum atomic E-state index is 11.5. The van der Waals surface area contributed by atoms with Gasteiger partial charge in [-0.05, 0) is 38.9 Å². The number of amides is 2. The number of nitrogens with one attached hydrogen (secondary N) is 1. The van der Waals surface area contributed by atoms with Gasteiger partial charge in [0.25, 0.3) is 0 Å². The summed E-state index contributed by atoms with van der Waals surface area (Å²) in [5, 5.41) is 2.79. The van der Waals surface area contributed by atoms with Crippen LogP contribution < -0.4 is 5.32 Å². The van der Waals surface area contributed by atoms with E-state index >= 15 is 0 Å². The highest BCUT2D eigenvalue weighted by atomic mass is 16.2. The lowest BCUT2D eigenvalue weighted by atomic mass is 10.3. The molecule has 2 rings (SSSR count). The lowest BCUT2D eigenvalue weighted by Gasteiger charge is -2.26. The Hall–Kier alpha value is -0.940. The number of rotatable bonds is 4. The molecule has 2 amide bonds. The molecule has 5 nitrogen and oxygen atoms in total. The van der Waals surface area contributed by atoms with Crippen LogP contribution in [-0.2, 0) is 9.59 Å². The molecule has 0 aromatic heterocycles. The van der Waals surface area contributed by atoms with E-state index in [9.17, 15) is 9.59 Å². The molecule has 0 atom stereocenters. The highest BCUT2D eigenvalue weighted by Crippen LogP contribution is 2.08. The predicted octanol–water partition coefficient (Wildman–Crippen LogP) is -0.569. The van der Waals surface area contributed by atoms with Gasteiger partial charge in [-0.1, -0.05) is 0 Å². The minimum Gasteiger partial charge on any atom is -0.303 e. The first-order chi connectivity index (χ1) is 7.77. The fourth-order valence-corrected chi connectivity index (χ4v) is 2.31. The van der Waals surface area contributed by atoms with Gasteiger partial charge < -0.3 is 4.90 Å². The molecule has 5 heteroatoms. The van der Waals surface area contributed by atoms with Crippen LogP contribution in [0.5, 0.6) is 0 Å². The van der Waals surface area contributed by atoms with E-state index in [0.717, 1.165) is 13.0 Å². The van der Waals surface area contributed by atoms with E-state index in [1.165, 1.54) is 30.8 Å². The number of imide groups is 1. The van der Waals surface area contributed by atoms with Crippen LogP contribution >= 0.6 is 0 Å². The van der Waals surface area contributed by atoms with Crippen LogP contribution in [0.1, 0.15) is 19.3 Å². The molecule has 2 heterocycles. The van der Waals surface area contributed by atoms with E-state index in [1.807, 2.05) is 0 Å². The quantitative estimate of drug-likeness (QED) is 0.651. The fraction of sp³-hybridized carbons (Fsp3) is 0.818. The minimum absolute atomic E-state index is 0.0855. The van der Waals surface area contributed by atoms with Crippen molar-refractivity contribution in [1.82, 2.24) is 15.1 Å². The molecule has 2 saturated heterocycles. The van der Waals surface area contributed by atoms with Gasteiger partial charge in [0.2, 0.25) is 11.8 Å². The SMILES string of the molecule is O=C1CNCC(=O)N1CCCN1CCCC1. The van der Waals surface area contributed by atoms with Crippen LogP contribution in [0, 0.1) is 0 Å². The average Bonchev–Trinajstić information content (AvgIpc) is 2.75. The highest BCUT2D eigenvalue weighted by Gasteiger charge is 2.25. The van der Waals surface area contributed by atoms with Crippen molar-refractivity contribution in [2.24, 2.45) is 0 Å². The van der Waals surface area contributed by atoms with Crippen molar-refractivity contribution in [3.05, 3.63) is 0 Å². The fourth-order valence-electron chi connectivity index (χ4n) is 2.31. The van der Waals surface area contributed by atoms with Crippen molar-refractivity contribution in [1.29, 1.82) is 0 Å². The average molecular weight is 225 g/mol. The third kappa shape index (κ3) is 2.80. The first-order valence-electron chi connectivity index (χ1n) is 6.03. The molecule has 0 saturated carbocycles. The summed E-state index contributed by atoms with van der Waals surface area (Å²) in [7, 11) is 0. The van der Waals surface area contributed by atoms with Crippen molar-refractivity contribution in [3.63, 3.8) is 0 Å². The molecule has 1 N–H and O–H groups in total. The van der Waals surface area contributed by atoms with Gasteiger partial charge in [0.15, 0.2) is 0 Å². The molecular formula is C11H19N3O2. The molecule has 2 aliphatic heterocycles. The Balaban J connectivity index is 1.71. The largest absolute Gasteiger partial charge is 0.303 e. The second-order valence-electron chi connectivity index (χ2n) is 4.44. The first kappa shape index (κ1) is 11.5. The standard InChI is InChI=1S/C11H19N3O2/c15-10-8-12-9-11(16)14(10)7-3-6-13-4-1-2-5-13/h12H,1-9H2. The molecule has 0 spiro atoms. The molecule has 2 fully saturated rings. The Kier molecular flexibility index (Phi) is 3.90. The molecule has 16 heavy (non-hydrogen) atoms. The van der Waals surface area contributed by atoms with E-state index in [-0.39, 0.29) is 11.8 Å². The maximum Gasteiger partial charge on any atom is 0.243 e. The molecule has 0 aliphatic carbocycles. The number of carbonyl (C=O) groups excluding carboxylic acids is 2. The first-order valence-corrected chi connectivity index (χ1v) is 6.03. The van der Waals surface area contributed by atoms with Crippen LogP contribution in [0.15, 0.2) is 0 Å². The number of carbonyl (C=O) groups is 2. The number of likely N-dealkylation sites (tertiary alicyclic amines) is 1. The van der Waals surface area contributed by atoms with E-state index in [1.54, 1.807) is 0 Å². The zero-order valence-corrected chi connectivity index (χ0v) is 9.57. The minimum atomic E-state index is -0.0855. The Labute approximate surface area is 95.8 Å². The number of hydrogen-bond acceptors (Lipinski definition) is 4. The van der Waals surface area contributed by atoms with E-state index in [4.69, 9.17) is 0 Å². The van der Waals surface area contributed by atoms with Gasteiger partial charge in [0.05, 0.1) is 13.1 Å². The van der Waals surface area contributed by atoms with Crippen LogP contribution in [0.2, 0.25) is 0 Å². The number of hydrogen-bond donors (Lipinski definition) is 1. The van der Waals surface area contributed by atoms with Crippen LogP contribution in [0.4, 0.5) is 0 Å². The lowest BCUT2D eigenvalue weighted by Crippen LogP contribution is -2.52. The van der Waals surface area contributed by atoms with E-state index < -0.39 is 0 Å². The Morgan fingerprint density at radius 3 is 2.25 bits per heavy atom. The van der Waals surface area contributed by atoms with Gasteiger partial charge >= 0.3 is 0 Å². The van der Waals surface area contributed by atoms with Gasteiger partial charge in [-0.2, -0.15) is 0 Å². The number of piperazine rings is 1. The summed E-state index contributed by atoms with van der Waals surface area (Å²) in [4.78, 5) is 26.7. The van der Waals surface area contributed by atoms with Crippen molar-refractivity contribution < 1.29 is 9.59 Å². The summed E-state index contributed by atoms with van der Waals surface area (Å²) in [6, 6.07) is 0. The number of nitrogens with zero attached hydrogens (tertiary/aromatic N) is 2. The van der Waals surface area contributed by atoms with Gasteiger partial charge in [-0.15, -0.1) is 0 Å². The third-order valence-electron chi connectivity index (χ3n) is 3.21. The lowest BCUT2D eigenvalue weighted by molar-refractivity contribution is -0.146. The zero-order valence-electron chi connectivity index (χ0n) is 9.57. The maximum absolute atomic E-state index is 11.5. The highest BCUT2D eigenvalue weighted by molar-refractivity contribution is 5.99. The van der Waals surface area contributed by atoms with E-state index in [2.05, 4.69) is 10.2 Å². The van der Waals surface area contributed by atoms with Gasteiger partial charge in [-0.3, -0.25) is 19.8 Å². The molecule has 2 aliphatic rings. The Bertz CT molecular complexity index is 258. The topological polar surface area (TPSA) is 52.7 Å². The van der Waals surface area contributed by atoms with Crippen molar-refractivity contribution in [2.75, 3.05) is 39.3 Å². The summed E-state index contributed by atoms with van der Waals surface area (Å²) >= 11 is 0. The molecule has 0 unspecified atom stereocenters. The Morgan fingerprint density at radius 2 is 1.62 bits per heavy atom.